The van der Waals surface area contributed by atoms with Gasteiger partial charge in [-0.05, 0) is 50.2 Å². The number of benzene rings is 2. The minimum atomic E-state index is -0.374. The summed E-state index contributed by atoms with van der Waals surface area (Å²) in [6.07, 6.45) is -0.169. The number of pyridine rings is 1. The molecular formula is C21H20N2O3S. The van der Waals surface area contributed by atoms with E-state index < -0.39 is 0 Å². The quantitative estimate of drug-likeness (QED) is 0.503. The van der Waals surface area contributed by atoms with Gasteiger partial charge in [0.25, 0.3) is 0 Å². The molecule has 0 bridgehead atoms. The number of nitrogens with zero attached hydrogens (tertiary/aromatic N) is 1. The Morgan fingerprint density at radius 2 is 1.78 bits per heavy atom. The van der Waals surface area contributed by atoms with Gasteiger partial charge < -0.3 is 10.1 Å². The van der Waals surface area contributed by atoms with Gasteiger partial charge in [-0.15, -0.1) is 0 Å². The van der Waals surface area contributed by atoms with Gasteiger partial charge in [0.1, 0.15) is 0 Å². The Morgan fingerprint density at radius 3 is 2.52 bits per heavy atom. The van der Waals surface area contributed by atoms with Crippen LogP contribution < -0.4 is 5.32 Å². The van der Waals surface area contributed by atoms with Crippen LogP contribution in [0.3, 0.4) is 0 Å². The van der Waals surface area contributed by atoms with Crippen molar-refractivity contribution < 1.29 is 14.3 Å². The van der Waals surface area contributed by atoms with Crippen LogP contribution in [-0.2, 0) is 9.53 Å². The van der Waals surface area contributed by atoms with Crippen molar-refractivity contribution in [2.24, 2.45) is 0 Å². The molecule has 0 aliphatic carbocycles. The van der Waals surface area contributed by atoms with E-state index in [0.717, 1.165) is 15.9 Å². The van der Waals surface area contributed by atoms with Crippen molar-refractivity contribution in [2.45, 2.75) is 25.0 Å². The van der Waals surface area contributed by atoms with Crippen LogP contribution >= 0.6 is 11.8 Å². The molecule has 1 N–H and O–H groups in total. The molecule has 0 atom stereocenters. The molecule has 3 rings (SSSR count). The van der Waals surface area contributed by atoms with Gasteiger partial charge in [-0.2, -0.15) is 0 Å². The Balaban J connectivity index is 1.54. The number of anilines is 1. The van der Waals surface area contributed by atoms with Crippen molar-refractivity contribution in [3.05, 3.63) is 66.2 Å². The third-order valence-corrected chi connectivity index (χ3v) is 4.60. The molecule has 0 spiro atoms. The molecule has 27 heavy (non-hydrogen) atoms. The molecule has 0 fully saturated rings. The molecule has 0 saturated carbocycles. The summed E-state index contributed by atoms with van der Waals surface area (Å²) in [6.45, 7) is 3.60. The Morgan fingerprint density at radius 1 is 1.04 bits per heavy atom. The van der Waals surface area contributed by atoms with Crippen molar-refractivity contribution >= 4 is 40.2 Å². The Kier molecular flexibility index (Phi) is 6.08. The standard InChI is InChI=1S/C21H20N2O3S/c1-14(2)26-21(25)16-7-10-17(11-8-16)22-19(24)13-27-20-12-9-15-5-3-4-6-18(15)23-20/h3-12,14H,13H2,1-2H3,(H,22,24). The topological polar surface area (TPSA) is 68.3 Å². The van der Waals surface area contributed by atoms with E-state index in [1.807, 2.05) is 36.4 Å². The van der Waals surface area contributed by atoms with Gasteiger partial charge in [-0.3, -0.25) is 4.79 Å². The lowest BCUT2D eigenvalue weighted by atomic mass is 10.2. The lowest BCUT2D eigenvalue weighted by Gasteiger charge is -2.09. The number of amides is 1. The van der Waals surface area contributed by atoms with Crippen molar-refractivity contribution in [1.82, 2.24) is 4.98 Å². The predicted octanol–water partition coefficient (Wildman–Crippen LogP) is 4.53. The fourth-order valence-corrected chi connectivity index (χ4v) is 3.11. The smallest absolute Gasteiger partial charge is 0.338 e. The minimum Gasteiger partial charge on any atom is -0.459 e. The monoisotopic (exact) mass is 380 g/mol. The molecule has 138 valence electrons. The molecule has 0 aliphatic rings. The van der Waals surface area contributed by atoms with Gasteiger partial charge in [0.05, 0.1) is 28.0 Å². The second kappa shape index (κ2) is 8.68. The van der Waals surface area contributed by atoms with E-state index in [1.165, 1.54) is 11.8 Å². The number of ether oxygens (including phenoxy) is 1. The maximum Gasteiger partial charge on any atom is 0.338 e. The van der Waals surface area contributed by atoms with Gasteiger partial charge in [-0.25, -0.2) is 9.78 Å². The average Bonchev–Trinajstić information content (AvgIpc) is 2.66. The number of aromatic nitrogens is 1. The van der Waals surface area contributed by atoms with E-state index in [0.29, 0.717) is 11.3 Å². The summed E-state index contributed by atoms with van der Waals surface area (Å²) in [6, 6.07) is 18.4. The first kappa shape index (κ1) is 18.9. The first-order chi connectivity index (χ1) is 13.0. The Bertz CT molecular complexity index is 955. The summed E-state index contributed by atoms with van der Waals surface area (Å²) in [4.78, 5) is 28.5. The van der Waals surface area contributed by atoms with E-state index in [2.05, 4.69) is 10.3 Å². The molecule has 3 aromatic rings. The fraction of sp³-hybridized carbons (Fsp3) is 0.190. The van der Waals surface area contributed by atoms with E-state index in [-0.39, 0.29) is 23.7 Å². The molecule has 0 radical (unpaired) electrons. The minimum absolute atomic E-state index is 0.132. The Hall–Kier alpha value is -2.86. The number of fused-ring (bicyclic) bond motifs is 1. The SMILES string of the molecule is CC(C)OC(=O)c1ccc(NC(=O)CSc2ccc3ccccc3n2)cc1. The van der Waals surface area contributed by atoms with Crippen LogP contribution in [0.15, 0.2) is 65.7 Å². The number of carbonyl (C=O) groups is 2. The molecule has 6 heteroatoms. The van der Waals surface area contributed by atoms with Gasteiger partial charge in [0.15, 0.2) is 0 Å². The maximum atomic E-state index is 12.2. The normalized spacial score (nSPS) is 10.8. The number of thioether (sulfide) groups is 1. The van der Waals surface area contributed by atoms with Crippen molar-refractivity contribution in [3.8, 4) is 0 Å². The third kappa shape index (κ3) is 5.31. The molecule has 2 aromatic carbocycles. The van der Waals surface area contributed by atoms with E-state index >= 15 is 0 Å². The predicted molar refractivity (Wildman–Crippen MR) is 108 cm³/mol. The summed E-state index contributed by atoms with van der Waals surface area (Å²) in [5, 5.41) is 4.69. The summed E-state index contributed by atoms with van der Waals surface area (Å²) in [5.74, 6) is -0.254. The molecule has 1 amide bonds. The zero-order valence-electron chi connectivity index (χ0n) is 15.1. The summed E-state index contributed by atoms with van der Waals surface area (Å²) in [5.41, 5.74) is 2.00. The molecule has 0 unspecified atom stereocenters. The molecule has 1 heterocycles. The molecule has 1 aromatic heterocycles. The largest absolute Gasteiger partial charge is 0.459 e. The summed E-state index contributed by atoms with van der Waals surface area (Å²) >= 11 is 1.38. The second-order valence-corrected chi connectivity index (χ2v) is 7.21. The van der Waals surface area contributed by atoms with Crippen LogP contribution in [0.2, 0.25) is 0 Å². The number of esters is 1. The first-order valence-electron chi connectivity index (χ1n) is 8.61. The van der Waals surface area contributed by atoms with Crippen LogP contribution in [0.5, 0.6) is 0 Å². The number of para-hydroxylation sites is 1. The fourth-order valence-electron chi connectivity index (χ4n) is 2.44. The third-order valence-electron chi connectivity index (χ3n) is 3.67. The van der Waals surface area contributed by atoms with Crippen LogP contribution in [0, 0.1) is 0 Å². The number of rotatable bonds is 6. The number of hydrogen-bond acceptors (Lipinski definition) is 5. The van der Waals surface area contributed by atoms with Crippen molar-refractivity contribution in [3.63, 3.8) is 0 Å². The van der Waals surface area contributed by atoms with Gasteiger partial charge >= 0.3 is 5.97 Å². The highest BCUT2D eigenvalue weighted by Gasteiger charge is 2.10. The van der Waals surface area contributed by atoms with Crippen LogP contribution in [-0.4, -0.2) is 28.7 Å². The Labute approximate surface area is 162 Å². The lowest BCUT2D eigenvalue weighted by Crippen LogP contribution is -2.15. The lowest BCUT2D eigenvalue weighted by molar-refractivity contribution is -0.113. The maximum absolute atomic E-state index is 12.2. The highest BCUT2D eigenvalue weighted by molar-refractivity contribution is 7.99. The second-order valence-electron chi connectivity index (χ2n) is 6.21. The molecule has 0 aliphatic heterocycles. The van der Waals surface area contributed by atoms with E-state index in [1.54, 1.807) is 38.1 Å². The van der Waals surface area contributed by atoms with Crippen molar-refractivity contribution in [1.29, 1.82) is 0 Å². The number of nitrogens with one attached hydrogen (secondary N) is 1. The van der Waals surface area contributed by atoms with Gasteiger partial charge in [-0.1, -0.05) is 36.0 Å². The van der Waals surface area contributed by atoms with Crippen LogP contribution in [0.4, 0.5) is 5.69 Å². The van der Waals surface area contributed by atoms with Gasteiger partial charge in [0.2, 0.25) is 5.91 Å². The highest BCUT2D eigenvalue weighted by Crippen LogP contribution is 2.20. The zero-order chi connectivity index (χ0) is 19.2. The van der Waals surface area contributed by atoms with E-state index in [9.17, 15) is 9.59 Å². The number of hydrogen-bond donors (Lipinski definition) is 1. The number of carbonyl (C=O) groups excluding carboxylic acids is 2. The molecular weight excluding hydrogens is 360 g/mol. The molecule has 0 saturated heterocycles. The molecule has 5 nitrogen and oxygen atoms in total. The van der Waals surface area contributed by atoms with Crippen LogP contribution in [0.25, 0.3) is 10.9 Å². The van der Waals surface area contributed by atoms with E-state index in [4.69, 9.17) is 4.74 Å². The van der Waals surface area contributed by atoms with Crippen LogP contribution in [0.1, 0.15) is 24.2 Å². The first-order valence-corrected chi connectivity index (χ1v) is 9.59. The summed E-state index contributed by atoms with van der Waals surface area (Å²) in [7, 11) is 0. The summed E-state index contributed by atoms with van der Waals surface area (Å²) < 4.78 is 5.14. The van der Waals surface area contributed by atoms with Gasteiger partial charge in [0, 0.05) is 11.1 Å². The van der Waals surface area contributed by atoms with Crippen molar-refractivity contribution in [2.75, 3.05) is 11.1 Å². The zero-order valence-corrected chi connectivity index (χ0v) is 16.0. The highest BCUT2D eigenvalue weighted by atomic mass is 32.2. The average molecular weight is 380 g/mol.